The maximum absolute atomic E-state index is 13.5. The van der Waals surface area contributed by atoms with Gasteiger partial charge in [0.15, 0.2) is 5.69 Å². The lowest BCUT2D eigenvalue weighted by atomic mass is 10.1. The average molecular weight is 493 g/mol. The summed E-state index contributed by atoms with van der Waals surface area (Å²) in [4.78, 5) is 25.7. The first-order valence-electron chi connectivity index (χ1n) is 8.83. The minimum Gasteiger partial charge on any atom is -0.325 e. The van der Waals surface area contributed by atoms with Crippen molar-refractivity contribution in [1.82, 2.24) is 9.55 Å². The monoisotopic (exact) mass is 492 g/mol. The third kappa shape index (κ3) is 5.25. The number of aromatic nitrogens is 2. The second-order valence-electron chi connectivity index (χ2n) is 6.58. The molecule has 0 aliphatic rings. The van der Waals surface area contributed by atoms with Crippen LogP contribution in [-0.2, 0) is 18.9 Å². The molecule has 0 amide bonds. The van der Waals surface area contributed by atoms with Crippen LogP contribution < -0.4 is 10.9 Å². The number of hydrogen-bond acceptors (Lipinski definition) is 5. The van der Waals surface area contributed by atoms with Gasteiger partial charge in [0.25, 0.3) is 11.2 Å². The van der Waals surface area contributed by atoms with Gasteiger partial charge in [-0.05, 0) is 11.6 Å². The van der Waals surface area contributed by atoms with E-state index in [0.717, 1.165) is 6.07 Å². The first-order valence-corrected chi connectivity index (χ1v) is 9.21. The molecule has 1 heterocycles. The third-order valence-corrected chi connectivity index (χ3v) is 4.67. The largest absolute Gasteiger partial charge is 0.435 e. The standard InChI is InChI=1S/C19H11ClF6N4O3/c20-14-15(19(24,25)26)28-17(29(16(14)31)9-10-4-2-1-3-5-10)27-13-7-6-11(30(32)33)8-12(13)18(21,22)23/h1-8H,9H2,(H,27,28). The smallest absolute Gasteiger partial charge is 0.325 e. The van der Waals surface area contributed by atoms with E-state index in [1.165, 1.54) is 12.1 Å². The summed E-state index contributed by atoms with van der Waals surface area (Å²) in [7, 11) is 0. The number of nitro groups is 1. The molecule has 0 spiro atoms. The van der Waals surface area contributed by atoms with Gasteiger partial charge < -0.3 is 5.32 Å². The highest BCUT2D eigenvalue weighted by molar-refractivity contribution is 6.31. The molecule has 33 heavy (non-hydrogen) atoms. The molecule has 0 aliphatic carbocycles. The van der Waals surface area contributed by atoms with E-state index in [1.807, 2.05) is 0 Å². The number of benzene rings is 2. The minimum absolute atomic E-state index is 0.211. The Kier molecular flexibility index (Phi) is 6.36. The topological polar surface area (TPSA) is 90.1 Å². The molecule has 0 unspecified atom stereocenters. The molecule has 1 N–H and O–H groups in total. The number of halogens is 7. The van der Waals surface area contributed by atoms with Crippen LogP contribution in [0.4, 0.5) is 43.7 Å². The maximum atomic E-state index is 13.5. The quantitative estimate of drug-likeness (QED) is 0.283. The number of anilines is 2. The molecule has 2 aromatic carbocycles. The molecule has 1 aromatic heterocycles. The number of hydrogen-bond donors (Lipinski definition) is 1. The summed E-state index contributed by atoms with van der Waals surface area (Å²) in [5.41, 5.74) is -6.01. The van der Waals surface area contributed by atoms with E-state index in [-0.39, 0.29) is 12.6 Å². The molecular weight excluding hydrogens is 482 g/mol. The Morgan fingerprint density at radius 2 is 1.67 bits per heavy atom. The molecule has 0 saturated heterocycles. The zero-order chi connectivity index (χ0) is 24.6. The molecule has 0 aliphatic heterocycles. The minimum atomic E-state index is -5.18. The molecule has 0 fully saturated rings. The predicted octanol–water partition coefficient (Wildman–Crippen LogP) is 5.63. The zero-order valence-corrected chi connectivity index (χ0v) is 16.8. The van der Waals surface area contributed by atoms with Crippen LogP contribution in [0.5, 0.6) is 0 Å². The van der Waals surface area contributed by atoms with Crippen molar-refractivity contribution in [3.05, 3.63) is 90.8 Å². The Labute approximate surface area is 185 Å². The lowest BCUT2D eigenvalue weighted by molar-refractivity contribution is -0.385. The number of non-ortho nitro benzene ring substituents is 1. The van der Waals surface area contributed by atoms with Crippen LogP contribution in [0.25, 0.3) is 0 Å². The highest BCUT2D eigenvalue weighted by Gasteiger charge is 2.39. The van der Waals surface area contributed by atoms with Gasteiger partial charge in [0.1, 0.15) is 5.02 Å². The lowest BCUT2D eigenvalue weighted by Crippen LogP contribution is -2.29. The van der Waals surface area contributed by atoms with E-state index < -0.39 is 56.4 Å². The van der Waals surface area contributed by atoms with Crippen molar-refractivity contribution < 1.29 is 31.3 Å². The van der Waals surface area contributed by atoms with Gasteiger partial charge in [-0.15, -0.1) is 0 Å². The zero-order valence-electron chi connectivity index (χ0n) is 16.0. The van der Waals surface area contributed by atoms with Gasteiger partial charge in [0.2, 0.25) is 5.95 Å². The highest BCUT2D eigenvalue weighted by atomic mass is 35.5. The van der Waals surface area contributed by atoms with E-state index in [4.69, 9.17) is 11.6 Å². The molecule has 0 bridgehead atoms. The van der Waals surface area contributed by atoms with Gasteiger partial charge >= 0.3 is 12.4 Å². The van der Waals surface area contributed by atoms with E-state index in [9.17, 15) is 41.3 Å². The Bertz CT molecular complexity index is 1260. The SMILES string of the molecule is O=c1c(Cl)c(C(F)(F)F)nc(Nc2ccc([N+](=O)[O-])cc2C(F)(F)F)n1Cc1ccccc1. The van der Waals surface area contributed by atoms with E-state index in [0.29, 0.717) is 16.2 Å². The number of alkyl halides is 6. The first-order chi connectivity index (χ1) is 15.3. The van der Waals surface area contributed by atoms with Crippen LogP contribution in [0.3, 0.4) is 0 Å². The van der Waals surface area contributed by atoms with Crippen LogP contribution in [0.2, 0.25) is 5.02 Å². The molecule has 14 heteroatoms. The fourth-order valence-electron chi connectivity index (χ4n) is 2.84. The lowest BCUT2D eigenvalue weighted by Gasteiger charge is -2.19. The summed E-state index contributed by atoms with van der Waals surface area (Å²) in [6.07, 6.45) is -10.3. The summed E-state index contributed by atoms with van der Waals surface area (Å²) in [6, 6.07) is 9.41. The number of rotatable bonds is 5. The van der Waals surface area contributed by atoms with Gasteiger partial charge in [-0.1, -0.05) is 41.9 Å². The molecule has 3 aromatic rings. The van der Waals surface area contributed by atoms with Crippen LogP contribution in [0.15, 0.2) is 53.3 Å². The molecule has 7 nitrogen and oxygen atoms in total. The van der Waals surface area contributed by atoms with Gasteiger partial charge in [-0.2, -0.15) is 26.3 Å². The van der Waals surface area contributed by atoms with E-state index in [2.05, 4.69) is 10.3 Å². The van der Waals surface area contributed by atoms with E-state index in [1.54, 1.807) is 18.2 Å². The summed E-state index contributed by atoms with van der Waals surface area (Å²) in [5.74, 6) is -0.889. The summed E-state index contributed by atoms with van der Waals surface area (Å²) in [6.45, 7) is -0.374. The van der Waals surface area contributed by atoms with Gasteiger partial charge in [-0.25, -0.2) is 4.98 Å². The average Bonchev–Trinajstić information content (AvgIpc) is 2.72. The number of nitrogens with zero attached hydrogens (tertiary/aromatic N) is 3. The van der Waals surface area contributed by atoms with Gasteiger partial charge in [0, 0.05) is 12.1 Å². The molecule has 0 radical (unpaired) electrons. The molecule has 3 rings (SSSR count). The second kappa shape index (κ2) is 8.73. The first kappa shape index (κ1) is 24.0. The summed E-state index contributed by atoms with van der Waals surface area (Å²) in [5, 5.41) is 11.7. The highest BCUT2D eigenvalue weighted by Crippen LogP contribution is 2.39. The fourth-order valence-corrected chi connectivity index (χ4v) is 3.09. The van der Waals surface area contributed by atoms with Crippen molar-refractivity contribution in [3.63, 3.8) is 0 Å². The van der Waals surface area contributed by atoms with Crippen molar-refractivity contribution in [2.75, 3.05) is 5.32 Å². The Morgan fingerprint density at radius 3 is 2.21 bits per heavy atom. The van der Waals surface area contributed by atoms with Crippen molar-refractivity contribution in [1.29, 1.82) is 0 Å². The molecule has 174 valence electrons. The predicted molar refractivity (Wildman–Crippen MR) is 105 cm³/mol. The molecule has 0 atom stereocenters. The van der Waals surface area contributed by atoms with Crippen LogP contribution >= 0.6 is 11.6 Å². The van der Waals surface area contributed by atoms with Crippen molar-refractivity contribution in [2.24, 2.45) is 0 Å². The van der Waals surface area contributed by atoms with Gasteiger partial charge in [-0.3, -0.25) is 19.5 Å². The van der Waals surface area contributed by atoms with Crippen molar-refractivity contribution in [2.45, 2.75) is 18.9 Å². The second-order valence-corrected chi connectivity index (χ2v) is 6.96. The number of nitrogens with one attached hydrogen (secondary N) is 1. The summed E-state index contributed by atoms with van der Waals surface area (Å²) >= 11 is 5.59. The van der Waals surface area contributed by atoms with Crippen LogP contribution in [-0.4, -0.2) is 14.5 Å². The normalized spacial score (nSPS) is 12.0. The van der Waals surface area contributed by atoms with Crippen molar-refractivity contribution >= 4 is 28.9 Å². The van der Waals surface area contributed by atoms with Crippen LogP contribution in [0, 0.1) is 10.1 Å². The maximum Gasteiger partial charge on any atom is 0.435 e. The Balaban J connectivity index is 2.22. The van der Waals surface area contributed by atoms with E-state index >= 15 is 0 Å². The van der Waals surface area contributed by atoms with Crippen molar-refractivity contribution in [3.8, 4) is 0 Å². The fraction of sp³-hybridized carbons (Fsp3) is 0.158. The van der Waals surface area contributed by atoms with Gasteiger partial charge in [0.05, 0.1) is 22.7 Å². The molecular formula is C19H11ClF6N4O3. The summed E-state index contributed by atoms with van der Waals surface area (Å²) < 4.78 is 81.2. The number of nitro benzene ring substituents is 1. The Morgan fingerprint density at radius 1 is 1.03 bits per heavy atom. The third-order valence-electron chi connectivity index (χ3n) is 4.33. The Hall–Kier alpha value is -3.61. The molecule has 0 saturated carbocycles. The van der Waals surface area contributed by atoms with Crippen LogP contribution in [0.1, 0.15) is 16.8 Å².